The van der Waals surface area contributed by atoms with E-state index in [1.54, 1.807) is 5.32 Å². The summed E-state index contributed by atoms with van der Waals surface area (Å²) in [5.74, 6) is -7.70. The van der Waals surface area contributed by atoms with Gasteiger partial charge in [-0.1, -0.05) is 35.8 Å². The first-order valence-corrected chi connectivity index (χ1v) is 9.94. The normalized spacial score (nSPS) is 20.2. The second-order valence-electron chi connectivity index (χ2n) is 7.35. The molecule has 2 heterocycles. The molecule has 32 heavy (non-hydrogen) atoms. The molecule has 10 heteroatoms. The van der Waals surface area contributed by atoms with Crippen molar-refractivity contribution in [2.24, 2.45) is 0 Å². The smallest absolute Gasteiger partial charge is 0.346 e. The Balaban J connectivity index is 1.54. The Kier molecular flexibility index (Phi) is 4.74. The summed E-state index contributed by atoms with van der Waals surface area (Å²) in [6, 6.07) is 5.05. The maximum atomic E-state index is 14.7. The summed E-state index contributed by atoms with van der Waals surface area (Å²) in [5.41, 5.74) is -0.589. The molecule has 2 aromatic carbocycles. The number of hydrogen-bond donors (Lipinski definition) is 2. The number of amides is 4. The van der Waals surface area contributed by atoms with Gasteiger partial charge in [0.1, 0.15) is 6.04 Å². The third kappa shape index (κ3) is 4.08. The average Bonchev–Trinajstić information content (AvgIpc) is 3.09. The second kappa shape index (κ2) is 8.31. The van der Waals surface area contributed by atoms with Crippen LogP contribution in [0.5, 0.6) is 0 Å². The molecule has 166 valence electrons. The number of nitrogens with one attached hydrogen (secondary N) is 2. The molecular weight excluding hydrogens is 444 g/mol. The van der Waals surface area contributed by atoms with E-state index in [4.69, 9.17) is 15.7 Å². The lowest BCUT2D eigenvalue weighted by molar-refractivity contribution is -0.147. The maximum Gasteiger partial charge on any atom is 0.349 e. The van der Waals surface area contributed by atoms with E-state index >= 15 is 0 Å². The zero-order chi connectivity index (χ0) is 25.7. The molecule has 1 saturated heterocycles. The van der Waals surface area contributed by atoms with E-state index in [1.807, 2.05) is 0 Å². The van der Waals surface area contributed by atoms with Gasteiger partial charge in [-0.05, 0) is 35.7 Å². The topological polar surface area (TPSA) is 95.6 Å². The van der Waals surface area contributed by atoms with Crippen molar-refractivity contribution >= 4 is 35.2 Å². The molecule has 0 spiro atoms. The summed E-state index contributed by atoms with van der Waals surface area (Å²) in [6.45, 7) is -2.81. The zero-order valence-electron chi connectivity index (χ0n) is 19.4. The van der Waals surface area contributed by atoms with Gasteiger partial charge in [-0.25, -0.2) is 0 Å². The fourth-order valence-corrected chi connectivity index (χ4v) is 3.70. The minimum absolute atomic E-state index is 0.0318. The predicted octanol–water partition coefficient (Wildman–Crippen LogP) is 2.51. The molecule has 7 nitrogen and oxygen atoms in total. The largest absolute Gasteiger partial charge is 0.349 e. The first-order chi connectivity index (χ1) is 16.3. The van der Waals surface area contributed by atoms with E-state index in [1.165, 1.54) is 23.1 Å². The van der Waals surface area contributed by atoms with Crippen molar-refractivity contribution in [2.75, 3.05) is 0 Å². The number of halogens is 3. The van der Waals surface area contributed by atoms with E-state index < -0.39 is 53.7 Å². The van der Waals surface area contributed by atoms with Crippen molar-refractivity contribution in [3.8, 4) is 0 Å². The number of imide groups is 1. The zero-order valence-corrected chi connectivity index (χ0v) is 17.1. The molecule has 4 rings (SSSR count). The first-order valence-electron chi connectivity index (χ1n) is 11.1. The highest BCUT2D eigenvalue weighted by Crippen LogP contribution is 2.30. The lowest BCUT2D eigenvalue weighted by Gasteiger charge is -2.29. The minimum atomic E-state index is -4.22. The Hall–Kier alpha value is -3.33. The van der Waals surface area contributed by atoms with Crippen molar-refractivity contribution in [3.05, 3.63) is 69.7 Å². The van der Waals surface area contributed by atoms with E-state index in [0.29, 0.717) is 5.56 Å². The summed E-state index contributed by atoms with van der Waals surface area (Å²) in [6.07, 6.45) is 0.212. The third-order valence-corrected chi connectivity index (χ3v) is 5.48. The lowest BCUT2D eigenvalue weighted by Crippen LogP contribution is -2.52. The number of rotatable bonds is 5. The number of benzene rings is 2. The van der Waals surface area contributed by atoms with Gasteiger partial charge >= 0.3 is 5.92 Å². The van der Waals surface area contributed by atoms with Gasteiger partial charge < -0.3 is 10.2 Å². The van der Waals surface area contributed by atoms with Crippen LogP contribution in [0.3, 0.4) is 0 Å². The molecule has 1 atom stereocenters. The summed E-state index contributed by atoms with van der Waals surface area (Å²) in [5, 5.41) is 3.88. The van der Waals surface area contributed by atoms with Crippen molar-refractivity contribution < 1.29 is 32.1 Å². The first kappa shape index (κ1) is 18.3. The molecule has 2 aliphatic heterocycles. The van der Waals surface area contributed by atoms with Gasteiger partial charge in [0.25, 0.3) is 11.8 Å². The van der Waals surface area contributed by atoms with Crippen LogP contribution in [-0.4, -0.2) is 34.6 Å². The number of hydrogen-bond acceptors (Lipinski definition) is 4. The van der Waals surface area contributed by atoms with E-state index in [2.05, 4.69) is 5.32 Å². The second-order valence-corrected chi connectivity index (χ2v) is 7.78. The lowest BCUT2D eigenvalue weighted by atomic mass is 10.0. The number of fused-ring (bicyclic) bond motifs is 1. The molecule has 4 amide bonds. The highest BCUT2D eigenvalue weighted by atomic mass is 35.5. The van der Waals surface area contributed by atoms with Crippen molar-refractivity contribution in [1.29, 1.82) is 0 Å². The summed E-state index contributed by atoms with van der Waals surface area (Å²) in [4.78, 5) is 49.9. The number of carbonyl (C=O) groups is 4. The molecule has 0 radical (unpaired) electrons. The van der Waals surface area contributed by atoms with Gasteiger partial charge in [-0.15, -0.1) is 0 Å². The van der Waals surface area contributed by atoms with E-state index in [-0.39, 0.29) is 35.5 Å². The van der Waals surface area contributed by atoms with Crippen LogP contribution < -0.4 is 10.6 Å². The van der Waals surface area contributed by atoms with Crippen LogP contribution >= 0.6 is 11.6 Å². The van der Waals surface area contributed by atoms with Crippen LogP contribution in [-0.2, 0) is 33.3 Å². The number of piperidine rings is 1. The van der Waals surface area contributed by atoms with E-state index in [9.17, 15) is 28.0 Å². The van der Waals surface area contributed by atoms with Crippen molar-refractivity contribution in [3.63, 3.8) is 0 Å². The van der Waals surface area contributed by atoms with Crippen LogP contribution in [0, 0.1) is 0 Å². The van der Waals surface area contributed by atoms with Gasteiger partial charge in [0.05, 0.1) is 4.11 Å². The summed E-state index contributed by atoms with van der Waals surface area (Å²) in [7, 11) is 0. The SMILES string of the molecule is [2H]c1cc(Cl)ccc1C(F)(F)C(=O)NC([2H])([2H])c1ccc2c(c1)CN(C1CCC(=O)NC1=O)C2=O. The van der Waals surface area contributed by atoms with Crippen LogP contribution in [0.4, 0.5) is 8.78 Å². The van der Waals surface area contributed by atoms with Crippen molar-refractivity contribution in [1.82, 2.24) is 15.5 Å². The quantitative estimate of drug-likeness (QED) is 0.665. The molecule has 0 bridgehead atoms. The highest BCUT2D eigenvalue weighted by molar-refractivity contribution is 6.30. The fourth-order valence-electron chi connectivity index (χ4n) is 3.58. The maximum absolute atomic E-state index is 14.7. The number of carbonyl (C=O) groups excluding carboxylic acids is 4. The van der Waals surface area contributed by atoms with Crippen LogP contribution in [0.25, 0.3) is 0 Å². The Labute approximate surface area is 190 Å². The van der Waals surface area contributed by atoms with Gasteiger partial charge in [-0.3, -0.25) is 24.5 Å². The Morgan fingerprint density at radius 1 is 1.28 bits per heavy atom. The minimum Gasteiger partial charge on any atom is -0.346 e. The Morgan fingerprint density at radius 3 is 2.78 bits per heavy atom. The summed E-state index contributed by atoms with van der Waals surface area (Å²) >= 11 is 5.67. The highest BCUT2D eigenvalue weighted by Gasteiger charge is 2.41. The van der Waals surface area contributed by atoms with Gasteiger partial charge in [0.2, 0.25) is 11.8 Å². The molecule has 2 aliphatic rings. The molecule has 0 saturated carbocycles. The van der Waals surface area contributed by atoms with Gasteiger partial charge in [-0.2, -0.15) is 8.78 Å². The molecule has 0 aliphatic carbocycles. The molecule has 0 aromatic heterocycles. The van der Waals surface area contributed by atoms with Crippen LogP contribution in [0.1, 0.15) is 44.0 Å². The Morgan fingerprint density at radius 2 is 2.06 bits per heavy atom. The monoisotopic (exact) mass is 464 g/mol. The van der Waals surface area contributed by atoms with E-state index in [0.717, 1.165) is 18.2 Å². The Bertz CT molecular complexity index is 1270. The average molecular weight is 465 g/mol. The third-order valence-electron chi connectivity index (χ3n) is 5.24. The van der Waals surface area contributed by atoms with Crippen LogP contribution in [0.2, 0.25) is 5.02 Å². The number of nitrogens with zero attached hydrogens (tertiary/aromatic N) is 1. The standard InChI is InChI=1S/C22H18ClF2N3O4/c23-15-4-2-14(3-5-15)22(24,25)21(32)26-10-12-1-6-16-13(9-12)11-28(20(16)31)17-7-8-18(29)27-19(17)30/h1-6,9,17H,7-8,10-11H2,(H,26,32)(H,27,29,30)/i2D,10D2. The molecule has 2 N–H and O–H groups in total. The fraction of sp³-hybridized carbons (Fsp3) is 0.273. The summed E-state index contributed by atoms with van der Waals surface area (Å²) < 4.78 is 53.5. The van der Waals surface area contributed by atoms with Crippen molar-refractivity contribution in [2.45, 2.75) is 37.8 Å². The van der Waals surface area contributed by atoms with Gasteiger partial charge in [0, 0.05) is 35.6 Å². The molecule has 1 fully saturated rings. The molecule has 2 aromatic rings. The van der Waals surface area contributed by atoms with Crippen LogP contribution in [0.15, 0.2) is 42.4 Å². The predicted molar refractivity (Wildman–Crippen MR) is 110 cm³/mol. The molecular formula is C22H18ClF2N3O4. The number of alkyl halides is 2. The molecule has 1 unspecified atom stereocenters. The van der Waals surface area contributed by atoms with Gasteiger partial charge in [0.15, 0.2) is 0 Å².